The van der Waals surface area contributed by atoms with Crippen LogP contribution < -0.4 is 14.8 Å². The summed E-state index contributed by atoms with van der Waals surface area (Å²) in [7, 11) is 3.40. The standard InChI is InChI=1S/C18H17ClN2O4/c1-21(2)18(23)12-5-3-11(4-6-12)9-20-17(22)13-7-14(19)16-15(8-13)24-10-25-16/h3-8H,9-10H2,1-2H3,(H,20,22). The molecule has 0 spiro atoms. The first kappa shape index (κ1) is 17.1. The third-order valence-electron chi connectivity index (χ3n) is 3.75. The average molecular weight is 361 g/mol. The monoisotopic (exact) mass is 360 g/mol. The zero-order valence-electron chi connectivity index (χ0n) is 13.8. The Labute approximate surface area is 150 Å². The van der Waals surface area contributed by atoms with Crippen molar-refractivity contribution in [2.75, 3.05) is 20.9 Å². The summed E-state index contributed by atoms with van der Waals surface area (Å²) in [5.41, 5.74) is 1.88. The number of ether oxygens (including phenoxy) is 2. The summed E-state index contributed by atoms with van der Waals surface area (Å²) in [6.07, 6.45) is 0. The van der Waals surface area contributed by atoms with E-state index < -0.39 is 0 Å². The van der Waals surface area contributed by atoms with Crippen LogP contribution in [0.2, 0.25) is 5.02 Å². The first-order valence-corrected chi connectivity index (χ1v) is 8.01. The molecular weight excluding hydrogens is 344 g/mol. The quantitative estimate of drug-likeness (QED) is 0.910. The lowest BCUT2D eigenvalue weighted by Gasteiger charge is -2.11. The van der Waals surface area contributed by atoms with Gasteiger partial charge in [-0.3, -0.25) is 9.59 Å². The number of rotatable bonds is 4. The van der Waals surface area contributed by atoms with Crippen molar-refractivity contribution in [3.63, 3.8) is 0 Å². The highest BCUT2D eigenvalue weighted by molar-refractivity contribution is 6.32. The predicted octanol–water partition coefficient (Wildman–Crippen LogP) is 2.70. The molecule has 3 rings (SSSR count). The highest BCUT2D eigenvalue weighted by Crippen LogP contribution is 2.39. The molecule has 1 aliphatic heterocycles. The molecule has 2 amide bonds. The maximum absolute atomic E-state index is 12.3. The normalized spacial score (nSPS) is 12.0. The zero-order valence-corrected chi connectivity index (χ0v) is 14.6. The second kappa shape index (κ2) is 7.03. The molecule has 0 fully saturated rings. The number of hydrogen-bond donors (Lipinski definition) is 1. The average Bonchev–Trinajstić information content (AvgIpc) is 3.08. The van der Waals surface area contributed by atoms with Gasteiger partial charge in [0.05, 0.1) is 5.02 Å². The van der Waals surface area contributed by atoms with E-state index in [0.717, 1.165) is 5.56 Å². The molecule has 0 bridgehead atoms. The van der Waals surface area contributed by atoms with Crippen molar-refractivity contribution in [1.82, 2.24) is 10.2 Å². The summed E-state index contributed by atoms with van der Waals surface area (Å²) in [4.78, 5) is 25.7. The minimum Gasteiger partial charge on any atom is -0.454 e. The van der Waals surface area contributed by atoms with Gasteiger partial charge in [0.15, 0.2) is 11.5 Å². The Morgan fingerprint density at radius 2 is 1.84 bits per heavy atom. The number of carbonyl (C=O) groups is 2. The van der Waals surface area contributed by atoms with E-state index in [2.05, 4.69) is 5.32 Å². The molecular formula is C18H17ClN2O4. The van der Waals surface area contributed by atoms with Crippen LogP contribution in [-0.2, 0) is 6.54 Å². The van der Waals surface area contributed by atoms with E-state index in [4.69, 9.17) is 21.1 Å². The van der Waals surface area contributed by atoms with Crippen molar-refractivity contribution in [2.24, 2.45) is 0 Å². The van der Waals surface area contributed by atoms with Crippen molar-refractivity contribution < 1.29 is 19.1 Å². The van der Waals surface area contributed by atoms with Gasteiger partial charge < -0.3 is 19.7 Å². The molecule has 2 aromatic carbocycles. The van der Waals surface area contributed by atoms with Gasteiger partial charge in [0, 0.05) is 31.8 Å². The van der Waals surface area contributed by atoms with Crippen molar-refractivity contribution in [3.8, 4) is 11.5 Å². The number of nitrogens with one attached hydrogen (secondary N) is 1. The molecule has 25 heavy (non-hydrogen) atoms. The van der Waals surface area contributed by atoms with Crippen LogP contribution in [0.25, 0.3) is 0 Å². The molecule has 130 valence electrons. The minimum absolute atomic E-state index is 0.0643. The fourth-order valence-electron chi connectivity index (χ4n) is 2.41. The van der Waals surface area contributed by atoms with Gasteiger partial charge in [-0.1, -0.05) is 23.7 Å². The molecule has 0 unspecified atom stereocenters. The minimum atomic E-state index is -0.270. The number of carbonyl (C=O) groups excluding carboxylic acids is 2. The van der Waals surface area contributed by atoms with Crippen LogP contribution in [0, 0.1) is 0 Å². The van der Waals surface area contributed by atoms with Crippen LogP contribution in [0.15, 0.2) is 36.4 Å². The molecule has 0 radical (unpaired) electrons. The highest BCUT2D eigenvalue weighted by atomic mass is 35.5. The van der Waals surface area contributed by atoms with Gasteiger partial charge in [0.2, 0.25) is 6.79 Å². The summed E-state index contributed by atoms with van der Waals surface area (Å²) >= 11 is 6.09. The summed E-state index contributed by atoms with van der Waals surface area (Å²) in [6, 6.07) is 10.2. The van der Waals surface area contributed by atoms with Gasteiger partial charge >= 0.3 is 0 Å². The predicted molar refractivity (Wildman–Crippen MR) is 93.2 cm³/mol. The van der Waals surface area contributed by atoms with Gasteiger partial charge in [-0.15, -0.1) is 0 Å². The Morgan fingerprint density at radius 3 is 2.52 bits per heavy atom. The molecule has 1 heterocycles. The lowest BCUT2D eigenvalue weighted by Crippen LogP contribution is -2.23. The summed E-state index contributed by atoms with van der Waals surface area (Å²) < 4.78 is 10.5. The third-order valence-corrected chi connectivity index (χ3v) is 4.03. The van der Waals surface area contributed by atoms with E-state index in [1.165, 1.54) is 4.90 Å². The van der Waals surface area contributed by atoms with Crippen LogP contribution in [0.3, 0.4) is 0 Å². The zero-order chi connectivity index (χ0) is 18.0. The van der Waals surface area contributed by atoms with Crippen molar-refractivity contribution in [2.45, 2.75) is 6.54 Å². The smallest absolute Gasteiger partial charge is 0.253 e. The van der Waals surface area contributed by atoms with Crippen LogP contribution in [-0.4, -0.2) is 37.6 Å². The number of fused-ring (bicyclic) bond motifs is 1. The number of benzene rings is 2. The molecule has 1 N–H and O–H groups in total. The molecule has 1 aliphatic rings. The van der Waals surface area contributed by atoms with E-state index in [9.17, 15) is 9.59 Å². The summed E-state index contributed by atoms with van der Waals surface area (Å²) in [5, 5.41) is 3.16. The Hall–Kier alpha value is -2.73. The van der Waals surface area contributed by atoms with Crippen LogP contribution in [0.5, 0.6) is 11.5 Å². The van der Waals surface area contributed by atoms with E-state index in [1.807, 2.05) is 12.1 Å². The second-order valence-electron chi connectivity index (χ2n) is 5.77. The van der Waals surface area contributed by atoms with Crippen LogP contribution >= 0.6 is 11.6 Å². The number of amides is 2. The lowest BCUT2D eigenvalue weighted by atomic mass is 10.1. The lowest BCUT2D eigenvalue weighted by molar-refractivity contribution is 0.0827. The number of hydrogen-bond acceptors (Lipinski definition) is 4. The van der Waals surface area contributed by atoms with Crippen molar-refractivity contribution in [1.29, 1.82) is 0 Å². The van der Waals surface area contributed by atoms with Gasteiger partial charge in [-0.25, -0.2) is 0 Å². The van der Waals surface area contributed by atoms with Crippen LogP contribution in [0.4, 0.5) is 0 Å². The molecule has 6 nitrogen and oxygen atoms in total. The SMILES string of the molecule is CN(C)C(=O)c1ccc(CNC(=O)c2cc(Cl)c3c(c2)OCO3)cc1. The first-order valence-electron chi connectivity index (χ1n) is 7.63. The van der Waals surface area contributed by atoms with Gasteiger partial charge in [0.1, 0.15) is 0 Å². The molecule has 0 aromatic heterocycles. The largest absolute Gasteiger partial charge is 0.454 e. The second-order valence-corrected chi connectivity index (χ2v) is 6.18. The van der Waals surface area contributed by atoms with Gasteiger partial charge in [0.25, 0.3) is 11.8 Å². The molecule has 7 heteroatoms. The Kier molecular flexibility index (Phi) is 4.81. The van der Waals surface area contributed by atoms with Crippen molar-refractivity contribution in [3.05, 3.63) is 58.1 Å². The van der Waals surface area contributed by atoms with Crippen LogP contribution in [0.1, 0.15) is 26.3 Å². The van der Waals surface area contributed by atoms with Gasteiger partial charge in [-0.2, -0.15) is 0 Å². The van der Waals surface area contributed by atoms with Gasteiger partial charge in [-0.05, 0) is 29.8 Å². The molecule has 0 saturated carbocycles. The first-order chi connectivity index (χ1) is 12.0. The van der Waals surface area contributed by atoms with E-state index in [0.29, 0.717) is 34.2 Å². The van der Waals surface area contributed by atoms with E-state index >= 15 is 0 Å². The molecule has 2 aromatic rings. The number of halogens is 1. The van der Waals surface area contributed by atoms with E-state index in [-0.39, 0.29) is 18.6 Å². The molecule has 0 atom stereocenters. The summed E-state index contributed by atoms with van der Waals surface area (Å²) in [5.74, 6) is 0.586. The fraction of sp³-hybridized carbons (Fsp3) is 0.222. The fourth-order valence-corrected chi connectivity index (χ4v) is 2.67. The van der Waals surface area contributed by atoms with E-state index in [1.54, 1.807) is 38.4 Å². The topological polar surface area (TPSA) is 67.9 Å². The Bertz CT molecular complexity index is 819. The Balaban J connectivity index is 1.65. The van der Waals surface area contributed by atoms with Crippen molar-refractivity contribution >= 4 is 23.4 Å². The third kappa shape index (κ3) is 3.69. The molecule has 0 aliphatic carbocycles. The highest BCUT2D eigenvalue weighted by Gasteiger charge is 2.20. The molecule has 0 saturated heterocycles. The maximum atomic E-state index is 12.3. The summed E-state index contributed by atoms with van der Waals surface area (Å²) in [6.45, 7) is 0.430. The maximum Gasteiger partial charge on any atom is 0.253 e. The Morgan fingerprint density at radius 1 is 1.12 bits per heavy atom. The number of nitrogens with zero attached hydrogens (tertiary/aromatic N) is 1.